The van der Waals surface area contributed by atoms with Crippen LogP contribution in [-0.4, -0.2) is 64.3 Å². The molecular formula is C19H32FIN4O. The maximum Gasteiger partial charge on any atom is 0.190 e. The first-order valence-corrected chi connectivity index (χ1v) is 9.11. The van der Waals surface area contributed by atoms with Gasteiger partial charge < -0.3 is 20.3 Å². The third-order valence-electron chi connectivity index (χ3n) is 4.70. The molecule has 1 aliphatic heterocycles. The van der Waals surface area contributed by atoms with Crippen molar-refractivity contribution in [3.63, 3.8) is 0 Å². The van der Waals surface area contributed by atoms with E-state index in [4.69, 9.17) is 4.74 Å². The number of hydrogen-bond donors (Lipinski definition) is 2. The molecule has 1 aromatic carbocycles. The number of hydrogen-bond acceptors (Lipinski definition) is 3. The lowest BCUT2D eigenvalue weighted by molar-refractivity contribution is 0.121. The number of likely N-dealkylation sites (tertiary alicyclic amines) is 1. The second kappa shape index (κ2) is 13.3. The molecule has 26 heavy (non-hydrogen) atoms. The average molecular weight is 478 g/mol. The molecule has 1 saturated heterocycles. The Morgan fingerprint density at radius 3 is 2.73 bits per heavy atom. The van der Waals surface area contributed by atoms with E-state index in [0.29, 0.717) is 5.92 Å². The van der Waals surface area contributed by atoms with Gasteiger partial charge in [-0.1, -0.05) is 12.1 Å². The van der Waals surface area contributed by atoms with Gasteiger partial charge in [0.2, 0.25) is 0 Å². The van der Waals surface area contributed by atoms with Gasteiger partial charge in [0.15, 0.2) is 5.96 Å². The standard InChI is InChI=1S/C19H31FN4O.HI/c1-21-19(22-9-6-16-4-3-5-18(20)14-16)23-15-17-7-10-24(11-8-17)12-13-25-2;/h3-5,14,17H,6-13,15H2,1-2H3,(H2,21,22,23);1H. The topological polar surface area (TPSA) is 48.9 Å². The molecule has 0 saturated carbocycles. The smallest absolute Gasteiger partial charge is 0.190 e. The summed E-state index contributed by atoms with van der Waals surface area (Å²) in [5.74, 6) is 1.32. The molecule has 148 valence electrons. The number of guanidine groups is 1. The molecule has 0 atom stereocenters. The van der Waals surface area contributed by atoms with Crippen LogP contribution in [0.5, 0.6) is 0 Å². The van der Waals surface area contributed by atoms with Crippen LogP contribution in [0.25, 0.3) is 0 Å². The Bertz CT molecular complexity index is 536. The number of halogens is 2. The summed E-state index contributed by atoms with van der Waals surface area (Å²) in [5.41, 5.74) is 0.992. The first kappa shape index (κ1) is 23.1. The van der Waals surface area contributed by atoms with E-state index in [1.165, 1.54) is 18.9 Å². The number of benzene rings is 1. The number of piperidine rings is 1. The normalized spacial score (nSPS) is 16.2. The number of rotatable bonds is 8. The molecule has 1 heterocycles. The maximum absolute atomic E-state index is 13.2. The lowest BCUT2D eigenvalue weighted by atomic mass is 9.97. The molecule has 5 nitrogen and oxygen atoms in total. The van der Waals surface area contributed by atoms with Gasteiger partial charge in [0.25, 0.3) is 0 Å². The van der Waals surface area contributed by atoms with Gasteiger partial charge in [-0.05, 0) is 56.0 Å². The van der Waals surface area contributed by atoms with Gasteiger partial charge in [-0.15, -0.1) is 24.0 Å². The largest absolute Gasteiger partial charge is 0.383 e. The molecule has 0 spiro atoms. The summed E-state index contributed by atoms with van der Waals surface area (Å²) < 4.78 is 18.3. The van der Waals surface area contributed by atoms with Gasteiger partial charge in [0.05, 0.1) is 6.61 Å². The van der Waals surface area contributed by atoms with Crippen LogP contribution in [0.3, 0.4) is 0 Å². The Morgan fingerprint density at radius 1 is 1.31 bits per heavy atom. The fourth-order valence-electron chi connectivity index (χ4n) is 3.11. The van der Waals surface area contributed by atoms with Crippen molar-refractivity contribution in [1.29, 1.82) is 0 Å². The fraction of sp³-hybridized carbons (Fsp3) is 0.632. The summed E-state index contributed by atoms with van der Waals surface area (Å²) in [5, 5.41) is 6.72. The zero-order valence-electron chi connectivity index (χ0n) is 15.8. The van der Waals surface area contributed by atoms with Crippen LogP contribution in [0.15, 0.2) is 29.3 Å². The summed E-state index contributed by atoms with van der Waals surface area (Å²) in [6, 6.07) is 6.74. The highest BCUT2D eigenvalue weighted by Crippen LogP contribution is 2.15. The van der Waals surface area contributed by atoms with E-state index >= 15 is 0 Å². The molecule has 1 aromatic rings. The molecule has 2 rings (SSSR count). The molecule has 0 aromatic heterocycles. The van der Waals surface area contributed by atoms with Gasteiger partial charge in [0.1, 0.15) is 5.82 Å². The molecule has 0 aliphatic carbocycles. The van der Waals surface area contributed by atoms with Crippen LogP contribution in [-0.2, 0) is 11.2 Å². The molecule has 0 radical (unpaired) electrons. The number of nitrogens with one attached hydrogen (secondary N) is 2. The van der Waals surface area contributed by atoms with Crippen LogP contribution < -0.4 is 10.6 Å². The number of ether oxygens (including phenoxy) is 1. The van der Waals surface area contributed by atoms with Crippen LogP contribution in [0.4, 0.5) is 4.39 Å². The lowest BCUT2D eigenvalue weighted by Crippen LogP contribution is -2.43. The summed E-state index contributed by atoms with van der Waals surface area (Å²) in [6.07, 6.45) is 3.18. The SMILES string of the molecule is CN=C(NCCc1cccc(F)c1)NCC1CCN(CCOC)CC1.I. The van der Waals surface area contributed by atoms with Crippen molar-refractivity contribution >= 4 is 29.9 Å². The van der Waals surface area contributed by atoms with Crippen molar-refractivity contribution in [2.24, 2.45) is 10.9 Å². The van der Waals surface area contributed by atoms with Crippen molar-refractivity contribution in [3.05, 3.63) is 35.6 Å². The minimum absolute atomic E-state index is 0. The van der Waals surface area contributed by atoms with E-state index in [-0.39, 0.29) is 29.8 Å². The quantitative estimate of drug-likeness (QED) is 0.343. The van der Waals surface area contributed by atoms with Gasteiger partial charge >= 0.3 is 0 Å². The van der Waals surface area contributed by atoms with Gasteiger partial charge in [-0.2, -0.15) is 0 Å². The molecule has 2 N–H and O–H groups in total. The van der Waals surface area contributed by atoms with Crippen molar-refractivity contribution in [2.45, 2.75) is 19.3 Å². The molecular weight excluding hydrogens is 446 g/mol. The predicted molar refractivity (Wildman–Crippen MR) is 116 cm³/mol. The zero-order valence-corrected chi connectivity index (χ0v) is 18.2. The Morgan fingerprint density at radius 2 is 2.08 bits per heavy atom. The Kier molecular flexibility index (Phi) is 11.8. The minimum Gasteiger partial charge on any atom is -0.383 e. The lowest BCUT2D eigenvalue weighted by Gasteiger charge is -2.32. The number of nitrogens with zero attached hydrogens (tertiary/aromatic N) is 2. The first-order valence-electron chi connectivity index (χ1n) is 9.11. The highest BCUT2D eigenvalue weighted by atomic mass is 127. The third-order valence-corrected chi connectivity index (χ3v) is 4.70. The van der Waals surface area contributed by atoms with Crippen molar-refractivity contribution in [2.75, 3.05) is 53.5 Å². The second-order valence-corrected chi connectivity index (χ2v) is 6.54. The molecule has 0 unspecified atom stereocenters. The van der Waals surface area contributed by atoms with E-state index in [9.17, 15) is 4.39 Å². The van der Waals surface area contributed by atoms with E-state index in [2.05, 4.69) is 20.5 Å². The molecule has 0 bridgehead atoms. The van der Waals surface area contributed by atoms with E-state index in [0.717, 1.165) is 57.3 Å². The highest BCUT2D eigenvalue weighted by Gasteiger charge is 2.18. The van der Waals surface area contributed by atoms with Crippen LogP contribution in [0.2, 0.25) is 0 Å². The van der Waals surface area contributed by atoms with Crippen molar-refractivity contribution in [3.8, 4) is 0 Å². The maximum atomic E-state index is 13.2. The molecule has 0 amide bonds. The van der Waals surface area contributed by atoms with E-state index in [1.807, 2.05) is 6.07 Å². The van der Waals surface area contributed by atoms with Crippen LogP contribution in [0, 0.1) is 11.7 Å². The Labute approximate surface area is 173 Å². The van der Waals surface area contributed by atoms with Crippen molar-refractivity contribution in [1.82, 2.24) is 15.5 Å². The predicted octanol–water partition coefficient (Wildman–Crippen LogP) is 2.51. The Hall–Kier alpha value is -0.930. The van der Waals surface area contributed by atoms with Gasteiger partial charge in [-0.3, -0.25) is 4.99 Å². The monoisotopic (exact) mass is 478 g/mol. The van der Waals surface area contributed by atoms with E-state index in [1.54, 1.807) is 26.3 Å². The Balaban J connectivity index is 0.00000338. The minimum atomic E-state index is -0.183. The summed E-state index contributed by atoms with van der Waals surface area (Å²) in [4.78, 5) is 6.73. The van der Waals surface area contributed by atoms with Gasteiger partial charge in [0, 0.05) is 33.8 Å². The second-order valence-electron chi connectivity index (χ2n) is 6.54. The first-order chi connectivity index (χ1) is 12.2. The summed E-state index contributed by atoms with van der Waals surface area (Å²) in [7, 11) is 3.54. The van der Waals surface area contributed by atoms with Crippen LogP contribution in [0.1, 0.15) is 18.4 Å². The zero-order chi connectivity index (χ0) is 17.9. The third kappa shape index (κ3) is 8.64. The number of aliphatic imine (C=N–C) groups is 1. The highest BCUT2D eigenvalue weighted by molar-refractivity contribution is 14.0. The van der Waals surface area contributed by atoms with Crippen molar-refractivity contribution < 1.29 is 9.13 Å². The number of methoxy groups -OCH3 is 1. The van der Waals surface area contributed by atoms with Crippen LogP contribution >= 0.6 is 24.0 Å². The molecule has 1 fully saturated rings. The summed E-state index contributed by atoms with van der Waals surface area (Å²) in [6.45, 7) is 5.80. The molecule has 1 aliphatic rings. The van der Waals surface area contributed by atoms with E-state index < -0.39 is 0 Å². The summed E-state index contributed by atoms with van der Waals surface area (Å²) >= 11 is 0. The molecule has 7 heteroatoms. The average Bonchev–Trinajstić information content (AvgIpc) is 2.63. The van der Waals surface area contributed by atoms with Gasteiger partial charge in [-0.25, -0.2) is 4.39 Å². The fourth-order valence-corrected chi connectivity index (χ4v) is 3.11.